The molecule has 1 amide bonds. The first kappa shape index (κ1) is 19.4. The van der Waals surface area contributed by atoms with Crippen LogP contribution in [0.3, 0.4) is 0 Å². The zero-order valence-corrected chi connectivity index (χ0v) is 16.8. The van der Waals surface area contributed by atoms with Gasteiger partial charge in [-0.3, -0.25) is 4.79 Å². The number of benzene rings is 3. The zero-order chi connectivity index (χ0) is 21.4. The summed E-state index contributed by atoms with van der Waals surface area (Å²) in [5.74, 6) is 0.331. The van der Waals surface area contributed by atoms with E-state index in [-0.39, 0.29) is 23.5 Å². The lowest BCUT2D eigenvalue weighted by Crippen LogP contribution is -2.24. The maximum absolute atomic E-state index is 13.3. The van der Waals surface area contributed by atoms with Gasteiger partial charge in [0.2, 0.25) is 5.91 Å². The third-order valence-electron chi connectivity index (χ3n) is 5.80. The molecule has 0 N–H and O–H groups in total. The smallest absolute Gasteiger partial charge is 0.223 e. The zero-order valence-electron chi connectivity index (χ0n) is 16.8. The average Bonchev–Trinajstić information content (AvgIpc) is 3.32. The Morgan fingerprint density at radius 3 is 2.13 bits per heavy atom. The molecular weight excluding hydrogens is 396 g/mol. The summed E-state index contributed by atoms with van der Waals surface area (Å²) in [4.78, 5) is 19.4. The van der Waals surface area contributed by atoms with Gasteiger partial charge in [0, 0.05) is 32.0 Å². The molecule has 4 nitrogen and oxygen atoms in total. The van der Waals surface area contributed by atoms with Crippen LogP contribution in [-0.4, -0.2) is 26.9 Å². The predicted molar refractivity (Wildman–Crippen MR) is 114 cm³/mol. The van der Waals surface area contributed by atoms with Gasteiger partial charge in [-0.25, -0.2) is 13.8 Å². The Morgan fingerprint density at radius 2 is 1.45 bits per heavy atom. The van der Waals surface area contributed by atoms with E-state index in [1.54, 1.807) is 29.2 Å². The van der Waals surface area contributed by atoms with E-state index in [0.717, 1.165) is 28.0 Å². The van der Waals surface area contributed by atoms with E-state index in [2.05, 4.69) is 4.57 Å². The van der Waals surface area contributed by atoms with E-state index in [1.165, 1.54) is 24.3 Å². The van der Waals surface area contributed by atoms with Crippen LogP contribution in [0.1, 0.15) is 29.3 Å². The Hall–Kier alpha value is -3.54. The first-order chi connectivity index (χ1) is 15.1. The molecule has 31 heavy (non-hydrogen) atoms. The minimum atomic E-state index is -0.288. The Kier molecular flexibility index (Phi) is 4.98. The summed E-state index contributed by atoms with van der Waals surface area (Å²) < 4.78 is 28.7. The highest BCUT2D eigenvalue weighted by atomic mass is 19.1. The fourth-order valence-corrected chi connectivity index (χ4v) is 4.25. The maximum atomic E-state index is 13.3. The van der Waals surface area contributed by atoms with Gasteiger partial charge < -0.3 is 9.47 Å². The van der Waals surface area contributed by atoms with Crippen LogP contribution in [0.25, 0.3) is 11.0 Å². The second kappa shape index (κ2) is 7.95. The van der Waals surface area contributed by atoms with Crippen molar-refractivity contribution in [2.75, 3.05) is 6.54 Å². The Morgan fingerprint density at radius 1 is 0.839 bits per heavy atom. The number of fused-ring (bicyclic) bond motifs is 1. The van der Waals surface area contributed by atoms with Crippen molar-refractivity contribution in [2.45, 2.75) is 25.4 Å². The quantitative estimate of drug-likeness (QED) is 0.464. The normalized spacial score (nSPS) is 16.4. The van der Waals surface area contributed by atoms with Crippen LogP contribution in [0, 0.1) is 11.6 Å². The summed E-state index contributed by atoms with van der Waals surface area (Å²) in [6.07, 6.45) is 0.383. The van der Waals surface area contributed by atoms with Crippen molar-refractivity contribution in [3.8, 4) is 0 Å². The predicted octanol–water partition coefficient (Wildman–Crippen LogP) is 4.88. The number of para-hydroxylation sites is 2. The number of imidazole rings is 1. The molecule has 0 unspecified atom stereocenters. The molecule has 5 rings (SSSR count). The topological polar surface area (TPSA) is 38.1 Å². The van der Waals surface area contributed by atoms with Crippen molar-refractivity contribution in [2.24, 2.45) is 0 Å². The van der Waals surface area contributed by atoms with E-state index in [0.29, 0.717) is 26.1 Å². The molecule has 4 aromatic rings. The van der Waals surface area contributed by atoms with E-state index in [4.69, 9.17) is 4.98 Å². The van der Waals surface area contributed by atoms with E-state index >= 15 is 0 Å². The van der Waals surface area contributed by atoms with Crippen molar-refractivity contribution >= 4 is 16.9 Å². The number of halogens is 2. The summed E-state index contributed by atoms with van der Waals surface area (Å²) in [5.41, 5.74) is 3.74. The summed E-state index contributed by atoms with van der Waals surface area (Å²) in [7, 11) is 0. The second-order valence-corrected chi connectivity index (χ2v) is 7.97. The number of likely N-dealkylation sites (tertiary alicyclic amines) is 1. The summed E-state index contributed by atoms with van der Waals surface area (Å²) >= 11 is 0. The van der Waals surface area contributed by atoms with Gasteiger partial charge in [0.1, 0.15) is 17.5 Å². The fourth-order valence-electron chi connectivity index (χ4n) is 4.25. The number of hydrogen-bond donors (Lipinski definition) is 0. The lowest BCUT2D eigenvalue weighted by Gasteiger charge is -2.17. The maximum Gasteiger partial charge on any atom is 0.223 e. The lowest BCUT2D eigenvalue weighted by atomic mass is 10.1. The molecule has 2 heterocycles. The molecule has 0 bridgehead atoms. The largest absolute Gasteiger partial charge is 0.338 e. The highest BCUT2D eigenvalue weighted by molar-refractivity contribution is 5.81. The summed E-state index contributed by atoms with van der Waals surface area (Å²) in [6, 6.07) is 20.6. The van der Waals surface area contributed by atoms with Crippen LogP contribution in [0.2, 0.25) is 0 Å². The van der Waals surface area contributed by atoms with Gasteiger partial charge in [0.25, 0.3) is 0 Å². The van der Waals surface area contributed by atoms with Gasteiger partial charge in [-0.15, -0.1) is 0 Å². The minimum absolute atomic E-state index is 0.0409. The van der Waals surface area contributed by atoms with E-state index in [9.17, 15) is 13.6 Å². The molecule has 0 radical (unpaired) electrons. The van der Waals surface area contributed by atoms with Gasteiger partial charge in [-0.1, -0.05) is 36.4 Å². The molecule has 0 spiro atoms. The van der Waals surface area contributed by atoms with Gasteiger partial charge in [-0.2, -0.15) is 0 Å². The minimum Gasteiger partial charge on any atom is -0.338 e. The third kappa shape index (κ3) is 3.93. The standard InChI is InChI=1S/C25H21F2N3O/c26-20-9-5-17(6-10-20)14-29-16-19(13-24(29)31)25-28-22-3-1-2-4-23(22)30(25)15-18-7-11-21(27)12-8-18/h1-12,19H,13-16H2/t19-/m1/s1. The van der Waals surface area contributed by atoms with Crippen LogP contribution in [-0.2, 0) is 17.9 Å². The Bertz CT molecular complexity index is 1230. The number of rotatable bonds is 5. The third-order valence-corrected chi connectivity index (χ3v) is 5.80. The second-order valence-electron chi connectivity index (χ2n) is 7.97. The highest BCUT2D eigenvalue weighted by Crippen LogP contribution is 2.31. The molecule has 1 aromatic heterocycles. The van der Waals surface area contributed by atoms with E-state index in [1.807, 2.05) is 24.3 Å². The lowest BCUT2D eigenvalue weighted by molar-refractivity contribution is -0.128. The highest BCUT2D eigenvalue weighted by Gasteiger charge is 2.34. The van der Waals surface area contributed by atoms with Crippen molar-refractivity contribution in [1.82, 2.24) is 14.5 Å². The van der Waals surface area contributed by atoms with Gasteiger partial charge in [0.05, 0.1) is 11.0 Å². The molecule has 1 saturated heterocycles. The Labute approximate surface area is 178 Å². The number of carbonyl (C=O) groups is 1. The number of nitrogens with zero attached hydrogens (tertiary/aromatic N) is 3. The summed E-state index contributed by atoms with van der Waals surface area (Å²) in [6.45, 7) is 1.57. The molecule has 1 aliphatic heterocycles. The van der Waals surface area contributed by atoms with Crippen LogP contribution in [0.5, 0.6) is 0 Å². The monoisotopic (exact) mass is 417 g/mol. The van der Waals surface area contributed by atoms with Crippen molar-refractivity contribution in [3.63, 3.8) is 0 Å². The van der Waals surface area contributed by atoms with Crippen LogP contribution in [0.15, 0.2) is 72.8 Å². The van der Waals surface area contributed by atoms with Gasteiger partial charge >= 0.3 is 0 Å². The first-order valence-corrected chi connectivity index (χ1v) is 10.3. The molecular formula is C25H21F2N3O. The number of carbonyl (C=O) groups excluding carboxylic acids is 1. The van der Waals surface area contributed by atoms with Gasteiger partial charge in [-0.05, 0) is 47.5 Å². The molecule has 156 valence electrons. The van der Waals surface area contributed by atoms with E-state index < -0.39 is 0 Å². The molecule has 3 aromatic carbocycles. The first-order valence-electron chi connectivity index (χ1n) is 10.3. The molecule has 1 aliphatic rings. The SMILES string of the molecule is O=C1C[C@@H](c2nc3ccccc3n2Cc2ccc(F)cc2)CN1Cc1ccc(F)cc1. The molecule has 1 atom stereocenters. The molecule has 6 heteroatoms. The number of hydrogen-bond acceptors (Lipinski definition) is 2. The average molecular weight is 417 g/mol. The Balaban J connectivity index is 1.44. The van der Waals surface area contributed by atoms with Crippen LogP contribution >= 0.6 is 0 Å². The van der Waals surface area contributed by atoms with Crippen molar-refractivity contribution in [3.05, 3.63) is 101 Å². The van der Waals surface area contributed by atoms with Gasteiger partial charge in [0.15, 0.2) is 0 Å². The molecule has 1 fully saturated rings. The number of amides is 1. The van der Waals surface area contributed by atoms with Crippen molar-refractivity contribution < 1.29 is 13.6 Å². The van der Waals surface area contributed by atoms with Crippen molar-refractivity contribution in [1.29, 1.82) is 0 Å². The molecule has 0 aliphatic carbocycles. The van der Waals surface area contributed by atoms with Crippen LogP contribution < -0.4 is 0 Å². The molecule has 0 saturated carbocycles. The number of aromatic nitrogens is 2. The van der Waals surface area contributed by atoms with Crippen LogP contribution in [0.4, 0.5) is 8.78 Å². The summed E-state index contributed by atoms with van der Waals surface area (Å²) in [5, 5.41) is 0. The fraction of sp³-hybridized carbons (Fsp3) is 0.200.